The van der Waals surface area contributed by atoms with Gasteiger partial charge in [-0.05, 0) is 212 Å². The SMILES string of the molecule is COc1cc2cc(O)c1Oc1cc(O)cc(c1)CC1CCC3(CCC45CCC6(C4)C(O)c4ccc7c8cn(c(c48)C6C=CC35)C2CC(=O)CC(OC(C)=O)CCC23C4=CC=CC2CC=CC3c2c[nH]cc2C(C#CC4)C(c2cccc(O)c2)C2=CCNC(=C2)N7CCC(=O)C2CCCC2)CC1CO. The van der Waals surface area contributed by atoms with Crippen LogP contribution in [0.25, 0.3) is 10.8 Å². The number of rotatable bonds is 8. The third-order valence-corrected chi connectivity index (χ3v) is 27.9. The van der Waals surface area contributed by atoms with E-state index >= 15 is 4.79 Å². The largest absolute Gasteiger partial charge is 0.508 e. The van der Waals surface area contributed by atoms with E-state index in [9.17, 15) is 35.1 Å². The van der Waals surface area contributed by atoms with Crippen molar-refractivity contribution in [3.8, 4) is 46.3 Å². The summed E-state index contributed by atoms with van der Waals surface area (Å²) in [5.74, 6) is 7.52. The van der Waals surface area contributed by atoms with Crippen LogP contribution in [0.1, 0.15) is 204 Å². The van der Waals surface area contributed by atoms with Crippen molar-refractivity contribution in [2.75, 3.05) is 31.7 Å². The zero-order valence-corrected chi connectivity index (χ0v) is 59.1. The molecule has 15 aliphatic rings. The van der Waals surface area contributed by atoms with E-state index in [1.807, 2.05) is 24.3 Å². The van der Waals surface area contributed by atoms with Crippen LogP contribution in [0.2, 0.25) is 0 Å². The van der Waals surface area contributed by atoms with E-state index in [0.29, 0.717) is 50.1 Å². The predicted molar refractivity (Wildman–Crippen MR) is 394 cm³/mol. The van der Waals surface area contributed by atoms with Crippen LogP contribution in [0, 0.1) is 63.1 Å². The van der Waals surface area contributed by atoms with Crippen LogP contribution in [-0.2, 0) is 25.5 Å². The van der Waals surface area contributed by atoms with E-state index in [2.05, 4.69) is 123 Å². The zero-order chi connectivity index (χ0) is 70.3. The van der Waals surface area contributed by atoms with E-state index in [-0.39, 0.29) is 118 Å². The van der Waals surface area contributed by atoms with Gasteiger partial charge in [-0.3, -0.25) is 14.4 Å². The highest BCUT2D eigenvalue weighted by Gasteiger charge is 2.67. The summed E-state index contributed by atoms with van der Waals surface area (Å²) in [6, 6.07) is 19.8. The Morgan fingerprint density at radius 3 is 2.53 bits per heavy atom. The number of aromatic nitrogens is 2. The van der Waals surface area contributed by atoms with Crippen LogP contribution in [0.5, 0.6) is 34.5 Å². The number of aliphatic hydroxyl groups excluding tert-OH is 2. The number of aromatic hydroxyl groups is 3. The van der Waals surface area contributed by atoms with Gasteiger partial charge in [0.25, 0.3) is 0 Å². The molecule has 15 unspecified atom stereocenters. The van der Waals surface area contributed by atoms with Crippen LogP contribution >= 0.6 is 0 Å². The van der Waals surface area contributed by atoms with Crippen molar-refractivity contribution in [3.63, 3.8) is 0 Å². The Labute approximate surface area is 602 Å². The molecule has 15 nitrogen and oxygen atoms in total. The Bertz CT molecular complexity index is 4740. The maximum absolute atomic E-state index is 16.3. The lowest BCUT2D eigenvalue weighted by molar-refractivity contribution is -0.148. The highest BCUT2D eigenvalue weighted by atomic mass is 16.5. The van der Waals surface area contributed by atoms with Gasteiger partial charge >= 0.3 is 5.97 Å². The minimum atomic E-state index is -0.885. The molecule has 9 aliphatic carbocycles. The van der Waals surface area contributed by atoms with Gasteiger partial charge in [0.15, 0.2) is 11.5 Å². The third-order valence-electron chi connectivity index (χ3n) is 27.9. The average molecular weight is 1380 g/mol. The Hall–Kier alpha value is -8.97. The van der Waals surface area contributed by atoms with Crippen molar-refractivity contribution in [1.29, 1.82) is 0 Å². The number of esters is 1. The lowest BCUT2D eigenvalue weighted by atomic mass is 9.53. The second-order valence-corrected chi connectivity index (χ2v) is 32.9. The number of hydrogen-bond donors (Lipinski definition) is 7. The summed E-state index contributed by atoms with van der Waals surface area (Å²) in [5.41, 5.74) is 7.84. The van der Waals surface area contributed by atoms with Gasteiger partial charge in [0, 0.05) is 128 Å². The number of ether oxygens (including phenoxy) is 3. The fourth-order valence-electron chi connectivity index (χ4n) is 23.4. The first-order valence-electron chi connectivity index (χ1n) is 38.3. The van der Waals surface area contributed by atoms with E-state index in [1.54, 1.807) is 18.2 Å². The number of phenolic OH excluding ortho intramolecular Hbond substituents is 3. The van der Waals surface area contributed by atoms with E-state index in [1.165, 1.54) is 25.7 Å². The smallest absolute Gasteiger partial charge is 0.302 e. The quantitative estimate of drug-likeness (QED) is 0.0429. The molecule has 21 rings (SSSR count). The average Bonchev–Trinajstić information content (AvgIpc) is 1.52. The summed E-state index contributed by atoms with van der Waals surface area (Å²) in [4.78, 5) is 50.7. The number of methoxy groups -OCH3 is 1. The molecule has 4 spiro atoms. The normalized spacial score (nSPS) is 33.0. The Morgan fingerprint density at radius 1 is 0.835 bits per heavy atom. The van der Waals surface area contributed by atoms with Crippen molar-refractivity contribution in [2.45, 2.75) is 177 Å². The molecule has 6 aliphatic heterocycles. The van der Waals surface area contributed by atoms with Crippen molar-refractivity contribution >= 4 is 34.0 Å². The number of nitrogens with one attached hydrogen (secondary N) is 2. The summed E-state index contributed by atoms with van der Waals surface area (Å²) in [5, 5.41) is 66.9. The highest BCUT2D eigenvalue weighted by molar-refractivity contribution is 6.01. The summed E-state index contributed by atoms with van der Waals surface area (Å²) < 4.78 is 21.7. The molecule has 4 saturated carbocycles. The molecule has 16 bridgehead atoms. The number of aliphatic hydroxyl groups is 2. The Morgan fingerprint density at radius 2 is 1.69 bits per heavy atom. The maximum Gasteiger partial charge on any atom is 0.302 e. The van der Waals surface area contributed by atoms with Crippen LogP contribution in [0.3, 0.4) is 0 Å². The molecule has 0 amide bonds. The number of ketones is 2. The number of Topliss-reactive ketones (excluding diaryl/α,β-unsaturated/α-hetero) is 2. The fraction of sp³-hybridized carbons (Fsp3) is 0.466. The van der Waals surface area contributed by atoms with E-state index < -0.39 is 46.9 Å². The molecule has 4 aromatic carbocycles. The van der Waals surface area contributed by atoms with Gasteiger partial charge in [0.05, 0.1) is 30.9 Å². The number of nitrogens with zero attached hydrogens (tertiary/aromatic N) is 2. The van der Waals surface area contributed by atoms with Gasteiger partial charge < -0.3 is 59.5 Å². The standard InChI is InChI=1S/C88H94N4O11/c1-51(94)102-64-24-28-88-59-12-6-13-60(88)15-8-18-71(88)69-47-89-46-68(69)66(17-7-14-59)80(55-11-5-16-61(95)38-55)56-25-33-90-79(41-56)91(34-26-75(98)53-9-3-4-10-53)73-21-19-67-81-70(73)48-92-74(44-63(97)42-64)57-39-76(99)83(77(40-57)101-2)103-65-37-52(36-62(96)43-65)35-54-23-27-85(45-58(54)49-93)29-30-86-31-32-87(50-86,84(67)100)72(82(81)92)20-22-78(85)86/h5-6,8,11-13,16,18-22,25,36-41,43,46-48,53-54,58,60,64,66,71-72,74,78,80,84,89-90,93,95-96,99-100H,3-4,9-10,14-15,23-24,26-35,42,44-45,49-50H2,1-2H3. The topological polar surface area (TPSA) is 216 Å². The molecular formula is C88H94N4O11. The Balaban J connectivity index is 0.897. The van der Waals surface area contributed by atoms with Crippen molar-refractivity contribution in [2.24, 2.45) is 51.2 Å². The van der Waals surface area contributed by atoms with Gasteiger partial charge in [-0.25, -0.2) is 0 Å². The molecule has 0 saturated heterocycles. The number of dihydropyridines is 1. The number of carbonyl (C=O) groups excluding carboxylic acids is 3. The number of fused-ring (bicyclic) bond motifs is 1. The lowest BCUT2D eigenvalue weighted by Crippen LogP contribution is -2.41. The van der Waals surface area contributed by atoms with Gasteiger partial charge in [-0.1, -0.05) is 97.1 Å². The van der Waals surface area contributed by atoms with Gasteiger partial charge in [0.2, 0.25) is 5.75 Å². The number of H-pyrrole nitrogens is 1. The molecule has 103 heavy (non-hydrogen) atoms. The summed E-state index contributed by atoms with van der Waals surface area (Å²) in [7, 11) is 1.53. The number of carbonyl (C=O) groups is 3. The molecule has 15 atom stereocenters. The number of hydrogen-bond acceptors (Lipinski definition) is 13. The highest BCUT2D eigenvalue weighted by Crippen LogP contribution is 2.76. The number of benzene rings is 4. The number of anilines is 1. The number of aromatic amines is 1. The first-order chi connectivity index (χ1) is 50.1. The van der Waals surface area contributed by atoms with E-state index in [0.717, 1.165) is 145 Å². The molecule has 6 aromatic rings. The van der Waals surface area contributed by atoms with Gasteiger partial charge in [0.1, 0.15) is 40.7 Å². The number of allylic oxidation sites excluding steroid dienone is 10. The molecule has 532 valence electrons. The van der Waals surface area contributed by atoms with Gasteiger partial charge in [-0.2, -0.15) is 0 Å². The zero-order valence-electron chi connectivity index (χ0n) is 59.1. The number of phenols is 3. The second kappa shape index (κ2) is 25.4. The molecular weight excluding hydrogens is 1290 g/mol. The van der Waals surface area contributed by atoms with Gasteiger partial charge in [-0.15, -0.1) is 0 Å². The van der Waals surface area contributed by atoms with E-state index in [4.69, 9.17) is 14.2 Å². The maximum atomic E-state index is 16.3. The first kappa shape index (κ1) is 66.0. The second-order valence-electron chi connectivity index (χ2n) is 32.9. The van der Waals surface area contributed by atoms with Crippen molar-refractivity contribution in [3.05, 3.63) is 196 Å². The van der Waals surface area contributed by atoms with Crippen LogP contribution in [-0.4, -0.2) is 85.5 Å². The third kappa shape index (κ3) is 10.7. The van der Waals surface area contributed by atoms with Crippen molar-refractivity contribution < 1.29 is 54.1 Å². The molecule has 7 N–H and O–H groups in total. The molecule has 2 aromatic heterocycles. The summed E-state index contributed by atoms with van der Waals surface area (Å²) >= 11 is 0. The van der Waals surface area contributed by atoms with Crippen LogP contribution in [0.4, 0.5) is 5.69 Å². The molecule has 8 heterocycles. The Kier molecular flexibility index (Phi) is 16.3. The first-order valence-corrected chi connectivity index (χ1v) is 38.3. The fourth-order valence-corrected chi connectivity index (χ4v) is 23.4. The monoisotopic (exact) mass is 1380 g/mol. The lowest BCUT2D eigenvalue weighted by Gasteiger charge is -2.50. The molecule has 0 radical (unpaired) electrons. The van der Waals surface area contributed by atoms with Crippen LogP contribution < -0.4 is 19.7 Å². The minimum absolute atomic E-state index is 0.00207. The van der Waals surface area contributed by atoms with Crippen LogP contribution in [0.15, 0.2) is 157 Å². The molecule has 4 fully saturated rings. The molecule has 15 heteroatoms. The minimum Gasteiger partial charge on any atom is -0.508 e. The summed E-state index contributed by atoms with van der Waals surface area (Å²) in [6.07, 6.45) is 39.5. The van der Waals surface area contributed by atoms with Crippen molar-refractivity contribution in [1.82, 2.24) is 14.9 Å². The summed E-state index contributed by atoms with van der Waals surface area (Å²) in [6.45, 7) is 2.22. The predicted octanol–water partition coefficient (Wildman–Crippen LogP) is 16.2.